The number of pyridine rings is 2. The van der Waals surface area contributed by atoms with Crippen LogP contribution in [-0.4, -0.2) is 126 Å². The van der Waals surface area contributed by atoms with E-state index in [1.807, 2.05) is 34.4 Å². The minimum Gasteiger partial charge on any atom is -0.388 e. The number of rotatable bonds is 12. The predicted octanol–water partition coefficient (Wildman–Crippen LogP) is 5.91. The molecule has 8 heterocycles. The van der Waals surface area contributed by atoms with Gasteiger partial charge in [-0.25, -0.2) is 18.6 Å². The number of anilines is 1. The second-order valence-corrected chi connectivity index (χ2v) is 20.9. The third-order valence-electron chi connectivity index (χ3n) is 16.2. The van der Waals surface area contributed by atoms with E-state index >= 15 is 8.78 Å². The average molecular weight is 984 g/mol. The molecule has 1 saturated carbocycles. The zero-order valence-electron chi connectivity index (χ0n) is 41.3. The fourth-order valence-electron chi connectivity index (χ4n) is 12.0. The quantitative estimate of drug-likeness (QED) is 0.142. The number of piperazine rings is 1. The normalized spacial score (nSPS) is 21.3. The van der Waals surface area contributed by atoms with Crippen LogP contribution < -0.4 is 21.9 Å². The van der Waals surface area contributed by atoms with Gasteiger partial charge in [-0.1, -0.05) is 6.07 Å². The first-order chi connectivity index (χ1) is 34.8. The number of nitrogens with zero attached hydrogens (tertiary/aromatic N) is 9. The minimum absolute atomic E-state index is 0.0558. The molecule has 0 unspecified atom stereocenters. The van der Waals surface area contributed by atoms with E-state index in [1.165, 1.54) is 12.1 Å². The Bertz CT molecular complexity index is 3190. The van der Waals surface area contributed by atoms with E-state index in [0.717, 1.165) is 103 Å². The highest BCUT2D eigenvalue weighted by Crippen LogP contribution is 2.38. The summed E-state index contributed by atoms with van der Waals surface area (Å²) in [6.45, 7) is 9.60. The van der Waals surface area contributed by atoms with Gasteiger partial charge in [-0.05, 0) is 125 Å². The number of likely N-dealkylation sites (tertiary alicyclic amines) is 2. The zero-order valence-corrected chi connectivity index (χ0v) is 41.3. The predicted molar refractivity (Wildman–Crippen MR) is 270 cm³/mol. The van der Waals surface area contributed by atoms with Crippen molar-refractivity contribution in [2.24, 2.45) is 13.0 Å². The number of hydrogen-bond donors (Lipinski definition) is 2. The fraction of sp³-hybridized carbons (Fsp3) is 0.481. The Morgan fingerprint density at radius 2 is 1.57 bits per heavy atom. The summed E-state index contributed by atoms with van der Waals surface area (Å²) < 4.78 is 38.9. The first kappa shape index (κ1) is 47.8. The molecule has 4 aromatic heterocycles. The lowest BCUT2D eigenvalue weighted by Crippen LogP contribution is -2.53. The van der Waals surface area contributed by atoms with Crippen molar-refractivity contribution < 1.29 is 23.2 Å². The summed E-state index contributed by atoms with van der Waals surface area (Å²) in [5.41, 5.74) is 5.75. The van der Waals surface area contributed by atoms with Crippen LogP contribution in [0.3, 0.4) is 0 Å². The number of imidazole rings is 1. The van der Waals surface area contributed by atoms with Crippen molar-refractivity contribution in [1.82, 2.24) is 48.2 Å². The molecule has 378 valence electrons. The van der Waals surface area contributed by atoms with Crippen LogP contribution in [0.15, 0.2) is 76.6 Å². The molecule has 18 heteroatoms. The van der Waals surface area contributed by atoms with Gasteiger partial charge in [0.2, 0.25) is 11.8 Å². The van der Waals surface area contributed by atoms with Gasteiger partial charge in [0.05, 0.1) is 16.7 Å². The van der Waals surface area contributed by atoms with Gasteiger partial charge in [-0.3, -0.25) is 52.9 Å². The van der Waals surface area contributed by atoms with E-state index in [0.29, 0.717) is 63.9 Å². The van der Waals surface area contributed by atoms with Crippen LogP contribution >= 0.6 is 0 Å². The Morgan fingerprint density at radius 3 is 2.26 bits per heavy atom. The van der Waals surface area contributed by atoms with Gasteiger partial charge in [0, 0.05) is 131 Å². The van der Waals surface area contributed by atoms with Crippen LogP contribution in [0.4, 0.5) is 14.5 Å². The Balaban J connectivity index is 0.660. The maximum atomic E-state index is 15.9. The number of benzene rings is 2. The molecule has 0 bridgehead atoms. The van der Waals surface area contributed by atoms with Crippen molar-refractivity contribution in [2.45, 2.75) is 95.4 Å². The second-order valence-electron chi connectivity index (χ2n) is 20.9. The van der Waals surface area contributed by atoms with Crippen LogP contribution in [0.1, 0.15) is 103 Å². The summed E-state index contributed by atoms with van der Waals surface area (Å²) in [6, 6.07) is 15.6. The number of amides is 3. The molecule has 2 aromatic carbocycles. The summed E-state index contributed by atoms with van der Waals surface area (Å²) >= 11 is 0. The summed E-state index contributed by atoms with van der Waals surface area (Å²) in [4.78, 5) is 78.7. The van der Waals surface area contributed by atoms with Gasteiger partial charge in [0.1, 0.15) is 23.3 Å². The zero-order chi connectivity index (χ0) is 49.9. The maximum absolute atomic E-state index is 15.9. The van der Waals surface area contributed by atoms with Crippen molar-refractivity contribution in [3.8, 4) is 5.69 Å². The molecule has 2 atom stereocenters. The molecule has 3 amide bonds. The molecule has 1 aliphatic carbocycles. The van der Waals surface area contributed by atoms with Crippen LogP contribution in [0.5, 0.6) is 0 Å². The SMILES string of the molecule is CNc1ccn(-c2ccnc3c2cc(CN2CCC(c4c(F)cc(C(=O)N5CCC(CN6CCN(Cc7ccc8c(c7)n(C7CC7)c(=O)n8[C@H]7CCC(=O)NC7=O)C[C@@H]6C)CC5)cc4F)CC2)n3C)c(=O)c1. The van der Waals surface area contributed by atoms with E-state index in [4.69, 9.17) is 0 Å². The highest BCUT2D eigenvalue weighted by molar-refractivity contribution is 6.00. The number of carbonyl (C=O) groups is 3. The van der Waals surface area contributed by atoms with Crippen molar-refractivity contribution in [3.63, 3.8) is 0 Å². The van der Waals surface area contributed by atoms with Crippen molar-refractivity contribution in [2.75, 3.05) is 64.7 Å². The van der Waals surface area contributed by atoms with Crippen LogP contribution in [0.2, 0.25) is 0 Å². The third kappa shape index (κ3) is 9.17. The summed E-state index contributed by atoms with van der Waals surface area (Å²) in [7, 11) is 3.74. The van der Waals surface area contributed by atoms with Gasteiger partial charge in [-0.2, -0.15) is 0 Å². The molecule has 72 heavy (non-hydrogen) atoms. The van der Waals surface area contributed by atoms with Crippen molar-refractivity contribution in [1.29, 1.82) is 0 Å². The molecule has 6 aromatic rings. The van der Waals surface area contributed by atoms with Gasteiger partial charge in [0.25, 0.3) is 11.5 Å². The largest absolute Gasteiger partial charge is 0.388 e. The van der Waals surface area contributed by atoms with Gasteiger partial charge in [0.15, 0.2) is 0 Å². The lowest BCUT2D eigenvalue weighted by Gasteiger charge is -2.42. The molecule has 5 fully saturated rings. The average Bonchev–Trinajstić information content (AvgIpc) is 4.10. The first-order valence-electron chi connectivity index (χ1n) is 25.7. The second kappa shape index (κ2) is 19.5. The number of piperidine rings is 3. The Kier molecular flexibility index (Phi) is 12.9. The molecule has 16 nitrogen and oxygen atoms in total. The molecule has 5 aliphatic rings. The Labute approximate surface area is 416 Å². The molecule has 2 N–H and O–H groups in total. The fourth-order valence-corrected chi connectivity index (χ4v) is 12.0. The van der Waals surface area contributed by atoms with Crippen molar-refractivity contribution >= 4 is 45.5 Å². The highest BCUT2D eigenvalue weighted by atomic mass is 19.1. The molecule has 4 saturated heterocycles. The number of aromatic nitrogens is 5. The molecule has 4 aliphatic heterocycles. The monoisotopic (exact) mass is 983 g/mol. The highest BCUT2D eigenvalue weighted by Gasteiger charge is 2.36. The standard InChI is InChI=1S/C54H63F2N11O5/c1-33-29-62(30-35-4-7-45-47(24-35)66(39-5-6-39)54(72)67(45)46-8-9-48(68)59-52(46)70)22-23-64(33)31-34-11-19-63(20-12-34)53(71)37-25-42(55)50(43(56)26-37)36-13-17-61(18-14-36)32-40-28-41-44(10-16-58-51(41)60(40)3)65-21-15-38(57-2)27-49(65)69/h4,7,10,15-16,21,24-28,33-34,36,39,46,57H,5-6,8-9,11-14,17-20,22-23,29-32H2,1-3H3,(H,59,68,70)/t33-,46-/m0/s1. The lowest BCUT2D eigenvalue weighted by molar-refractivity contribution is -0.135. The molecule has 0 radical (unpaired) electrons. The van der Waals surface area contributed by atoms with Gasteiger partial charge >= 0.3 is 5.69 Å². The van der Waals surface area contributed by atoms with E-state index < -0.39 is 23.6 Å². The molecule has 0 spiro atoms. The first-order valence-corrected chi connectivity index (χ1v) is 25.7. The number of carbonyl (C=O) groups excluding carboxylic acids is 3. The van der Waals surface area contributed by atoms with Crippen molar-refractivity contribution in [3.05, 3.63) is 122 Å². The van der Waals surface area contributed by atoms with Crippen LogP contribution in [-0.2, 0) is 29.7 Å². The smallest absolute Gasteiger partial charge is 0.330 e. The number of imide groups is 1. The van der Waals surface area contributed by atoms with E-state index in [2.05, 4.69) is 55.4 Å². The summed E-state index contributed by atoms with van der Waals surface area (Å²) in [6.07, 6.45) is 8.65. The molecular formula is C54H63F2N11O5. The topological polar surface area (TPSA) is 155 Å². The van der Waals surface area contributed by atoms with Crippen LogP contribution in [0, 0.1) is 17.6 Å². The number of aryl methyl sites for hydroxylation is 1. The van der Waals surface area contributed by atoms with E-state index in [9.17, 15) is 24.0 Å². The minimum atomic E-state index is -0.701. The Morgan fingerprint density at radius 1 is 0.806 bits per heavy atom. The number of nitrogens with one attached hydrogen (secondary N) is 2. The van der Waals surface area contributed by atoms with E-state index in [1.54, 1.807) is 39.5 Å². The summed E-state index contributed by atoms with van der Waals surface area (Å²) in [5.74, 6) is -2.27. The maximum Gasteiger partial charge on any atom is 0.330 e. The van der Waals surface area contributed by atoms with E-state index in [-0.39, 0.29) is 52.6 Å². The lowest BCUT2D eigenvalue weighted by atomic mass is 9.87. The summed E-state index contributed by atoms with van der Waals surface area (Å²) in [5, 5.41) is 6.28. The van der Waals surface area contributed by atoms with Gasteiger partial charge < -0.3 is 14.8 Å². The molecular weight excluding hydrogens is 921 g/mol. The van der Waals surface area contributed by atoms with Gasteiger partial charge in [-0.15, -0.1) is 0 Å². The molecule has 11 rings (SSSR count). The number of halogens is 2. The number of hydrogen-bond acceptors (Lipinski definition) is 10. The third-order valence-corrected chi connectivity index (χ3v) is 16.2. The number of fused-ring (bicyclic) bond motifs is 2. The van der Waals surface area contributed by atoms with Crippen LogP contribution in [0.25, 0.3) is 27.8 Å². The Hall–Kier alpha value is -6.50.